The third-order valence-electron chi connectivity index (χ3n) is 8.86. The third kappa shape index (κ3) is 5.23. The van der Waals surface area contributed by atoms with Gasteiger partial charge in [-0.2, -0.15) is 0 Å². The number of phenolic OH excluding ortho intramolecular Hbond substituents is 1. The van der Waals surface area contributed by atoms with Crippen molar-refractivity contribution in [2.24, 2.45) is 23.5 Å². The number of amides is 2. The number of aliphatic hydroxyl groups excluding tert-OH is 2. The van der Waals surface area contributed by atoms with Gasteiger partial charge in [-0.05, 0) is 67.1 Å². The molecule has 12 nitrogen and oxygen atoms in total. The maximum absolute atomic E-state index is 14.0. The van der Waals surface area contributed by atoms with Crippen LogP contribution in [0, 0.1) is 17.8 Å². The van der Waals surface area contributed by atoms with Gasteiger partial charge in [0.05, 0.1) is 18.2 Å². The molecule has 0 heterocycles. The minimum atomic E-state index is -2.69. The molecule has 45 heavy (non-hydrogen) atoms. The van der Waals surface area contributed by atoms with Crippen molar-refractivity contribution in [1.82, 2.24) is 10.2 Å². The minimum absolute atomic E-state index is 0.00161. The summed E-state index contributed by atoms with van der Waals surface area (Å²) in [6, 6.07) is 9.28. The molecule has 0 unspecified atom stereocenters. The summed E-state index contributed by atoms with van der Waals surface area (Å²) < 4.78 is 5.14. The van der Waals surface area contributed by atoms with Crippen LogP contribution in [0.1, 0.15) is 41.8 Å². The Kier molecular flexibility index (Phi) is 8.23. The molecule has 3 aliphatic carbocycles. The first-order valence-electron chi connectivity index (χ1n) is 14.7. The van der Waals surface area contributed by atoms with E-state index >= 15 is 0 Å². The number of primary amides is 1. The number of carbonyl (C=O) groups is 4. The number of hydrogen-bond acceptors (Lipinski definition) is 10. The van der Waals surface area contributed by atoms with Crippen LogP contribution in [0.4, 0.5) is 4.79 Å². The van der Waals surface area contributed by atoms with Crippen LogP contribution in [0.15, 0.2) is 59.1 Å². The highest BCUT2D eigenvalue weighted by atomic mass is 16.5. The van der Waals surface area contributed by atoms with Crippen LogP contribution >= 0.6 is 0 Å². The Labute approximate surface area is 259 Å². The zero-order chi connectivity index (χ0) is 33.0. The maximum atomic E-state index is 14.0. The first-order chi connectivity index (χ1) is 21.2. The van der Waals surface area contributed by atoms with Crippen molar-refractivity contribution >= 4 is 23.6 Å². The number of allylic oxidation sites excluding steroid dienone is 1. The normalized spacial score (nSPS) is 24.4. The van der Waals surface area contributed by atoms with Gasteiger partial charge in [0.15, 0.2) is 11.4 Å². The molecule has 7 N–H and O–H groups in total. The molecule has 5 rings (SSSR count). The van der Waals surface area contributed by atoms with Crippen LogP contribution in [-0.2, 0) is 27.3 Å². The fourth-order valence-corrected chi connectivity index (χ4v) is 6.79. The quantitative estimate of drug-likeness (QED) is 0.250. The first-order valence-corrected chi connectivity index (χ1v) is 14.7. The van der Waals surface area contributed by atoms with E-state index in [9.17, 15) is 39.6 Å². The highest BCUT2D eigenvalue weighted by Gasteiger charge is 2.63. The van der Waals surface area contributed by atoms with Gasteiger partial charge >= 0.3 is 6.09 Å². The number of carbonyl (C=O) groups excluding carboxylic acids is 4. The summed E-state index contributed by atoms with van der Waals surface area (Å²) in [5.74, 6) is -6.73. The molecule has 0 aromatic heterocycles. The number of Topliss-reactive ketones (excluding diaryl/α,β-unsaturated/α-hetero) is 2. The number of benzene rings is 2. The number of aliphatic hydroxyl groups is 3. The second-order valence-corrected chi connectivity index (χ2v) is 12.5. The van der Waals surface area contributed by atoms with E-state index in [0.29, 0.717) is 17.7 Å². The summed E-state index contributed by atoms with van der Waals surface area (Å²) in [5, 5.41) is 47.7. The van der Waals surface area contributed by atoms with Gasteiger partial charge < -0.3 is 36.2 Å². The number of nitrogens with zero attached hydrogens (tertiary/aromatic N) is 1. The van der Waals surface area contributed by atoms with Crippen LogP contribution in [0.25, 0.3) is 11.1 Å². The number of phenols is 1. The molecule has 0 spiro atoms. The molecule has 2 aromatic rings. The Hall–Kier alpha value is -4.68. The van der Waals surface area contributed by atoms with Crippen molar-refractivity contribution in [3.05, 3.63) is 75.8 Å². The van der Waals surface area contributed by atoms with Crippen LogP contribution in [0.5, 0.6) is 5.75 Å². The van der Waals surface area contributed by atoms with E-state index in [0.717, 1.165) is 11.1 Å². The van der Waals surface area contributed by atoms with Crippen molar-refractivity contribution in [2.45, 2.75) is 44.9 Å². The van der Waals surface area contributed by atoms with Gasteiger partial charge in [-0.3, -0.25) is 19.3 Å². The number of ketones is 2. The van der Waals surface area contributed by atoms with Crippen molar-refractivity contribution in [1.29, 1.82) is 0 Å². The molecule has 238 valence electrons. The van der Waals surface area contributed by atoms with E-state index in [1.165, 1.54) is 11.0 Å². The lowest BCUT2D eigenvalue weighted by atomic mass is 9.58. The van der Waals surface area contributed by atoms with Gasteiger partial charge in [0, 0.05) is 18.0 Å². The summed E-state index contributed by atoms with van der Waals surface area (Å²) in [4.78, 5) is 53.0. The average Bonchev–Trinajstić information content (AvgIpc) is 2.97. The summed E-state index contributed by atoms with van der Waals surface area (Å²) in [6.07, 6.45) is -0.349. The second kappa shape index (κ2) is 11.7. The summed E-state index contributed by atoms with van der Waals surface area (Å²) in [5.41, 5.74) is 4.30. The number of nitrogens with one attached hydrogen (secondary N) is 1. The lowest BCUT2D eigenvalue weighted by Gasteiger charge is -2.50. The summed E-state index contributed by atoms with van der Waals surface area (Å²) >= 11 is 0. The highest BCUT2D eigenvalue weighted by molar-refractivity contribution is 6.24. The Morgan fingerprint density at radius 1 is 1.09 bits per heavy atom. The van der Waals surface area contributed by atoms with Crippen LogP contribution in [0.2, 0.25) is 0 Å². The SMILES string of the molecule is CC(C)COC(=O)NCc1ccc(-c2ccc(O)c3c2C[C@@H]2C[C@@H]4[C@@H](N(C)C)C(O)=C(C(N)=O)C(=O)[C@@]4(O)C(O)=C2C3=O)cc1. The van der Waals surface area contributed by atoms with Crippen molar-refractivity contribution in [3.63, 3.8) is 0 Å². The van der Waals surface area contributed by atoms with Crippen LogP contribution in [0.3, 0.4) is 0 Å². The topological polar surface area (TPSA) is 200 Å². The molecular formula is C33H37N3O9. The maximum Gasteiger partial charge on any atom is 0.407 e. The smallest absolute Gasteiger partial charge is 0.407 e. The van der Waals surface area contributed by atoms with Gasteiger partial charge in [0.1, 0.15) is 22.8 Å². The Balaban J connectivity index is 1.51. The number of alkyl carbamates (subject to hydrolysis) is 1. The van der Waals surface area contributed by atoms with Crippen molar-refractivity contribution < 1.29 is 44.3 Å². The second-order valence-electron chi connectivity index (χ2n) is 12.5. The molecule has 0 aliphatic heterocycles. The molecule has 4 atom stereocenters. The Morgan fingerprint density at radius 3 is 2.36 bits per heavy atom. The van der Waals surface area contributed by atoms with Gasteiger partial charge in [-0.1, -0.05) is 44.2 Å². The van der Waals surface area contributed by atoms with E-state index in [1.807, 2.05) is 38.1 Å². The predicted octanol–water partition coefficient (Wildman–Crippen LogP) is 2.67. The van der Waals surface area contributed by atoms with Gasteiger partial charge in [-0.15, -0.1) is 0 Å². The number of hydrogen-bond donors (Lipinski definition) is 6. The van der Waals surface area contributed by atoms with Crippen molar-refractivity contribution in [3.8, 4) is 16.9 Å². The zero-order valence-electron chi connectivity index (χ0n) is 25.5. The number of aromatic hydroxyl groups is 1. The van der Waals surface area contributed by atoms with Crippen LogP contribution in [-0.4, -0.2) is 81.2 Å². The molecule has 0 radical (unpaired) electrons. The molecule has 0 saturated carbocycles. The van der Waals surface area contributed by atoms with E-state index in [1.54, 1.807) is 20.2 Å². The summed E-state index contributed by atoms with van der Waals surface area (Å²) in [7, 11) is 3.16. The lowest BCUT2D eigenvalue weighted by Crippen LogP contribution is -2.63. The van der Waals surface area contributed by atoms with Gasteiger partial charge in [-0.25, -0.2) is 4.79 Å². The predicted molar refractivity (Wildman–Crippen MR) is 162 cm³/mol. The first kappa shape index (κ1) is 31.7. The number of fused-ring (bicyclic) bond motifs is 3. The molecule has 0 bridgehead atoms. The van der Waals surface area contributed by atoms with E-state index < -0.39 is 64.1 Å². The molecule has 0 saturated heterocycles. The monoisotopic (exact) mass is 619 g/mol. The third-order valence-corrected chi connectivity index (χ3v) is 8.86. The minimum Gasteiger partial charge on any atom is -0.510 e. The lowest BCUT2D eigenvalue weighted by molar-refractivity contribution is -0.148. The van der Waals surface area contributed by atoms with E-state index in [-0.39, 0.29) is 42.2 Å². The van der Waals surface area contributed by atoms with Gasteiger partial charge in [0.2, 0.25) is 5.78 Å². The highest BCUT2D eigenvalue weighted by Crippen LogP contribution is 2.53. The number of ether oxygens (including phenoxy) is 1. The molecule has 2 amide bonds. The molecule has 12 heteroatoms. The average molecular weight is 620 g/mol. The van der Waals surface area contributed by atoms with E-state index in [4.69, 9.17) is 10.5 Å². The molecule has 3 aliphatic rings. The summed E-state index contributed by atoms with van der Waals surface area (Å²) in [6.45, 7) is 4.43. The standard InChI is InChI=1S/C33H37N3O9/c1-15(2)14-45-32(43)35-13-16-5-7-17(8-6-16)19-9-10-22(37)24-20(19)11-18-12-21-26(36(3)4)28(39)25(31(34)42)30(41)33(21,44)29(40)23(18)27(24)38/h5-10,15,18,21,26,37,39-40,44H,11-14H2,1-4H3,(H2,34,42)(H,35,43)/t18-,21-,26-,33+/m1/s1. The number of rotatable bonds is 7. The van der Waals surface area contributed by atoms with E-state index in [2.05, 4.69) is 5.32 Å². The fourth-order valence-electron chi connectivity index (χ4n) is 6.79. The van der Waals surface area contributed by atoms with Gasteiger partial charge in [0.25, 0.3) is 5.91 Å². The zero-order valence-corrected chi connectivity index (χ0v) is 25.5. The number of nitrogens with two attached hydrogens (primary N) is 1. The largest absolute Gasteiger partial charge is 0.510 e. The van der Waals surface area contributed by atoms with Crippen molar-refractivity contribution in [2.75, 3.05) is 20.7 Å². The molecule has 2 aromatic carbocycles. The molecule has 0 fully saturated rings. The number of likely N-dealkylation sites (N-methyl/N-ethyl adjacent to an activating group) is 1. The van der Waals surface area contributed by atoms with Crippen LogP contribution < -0.4 is 11.1 Å². The fraction of sp³-hybridized carbons (Fsp3) is 0.394. The Morgan fingerprint density at radius 2 is 1.76 bits per heavy atom. The Bertz CT molecular complexity index is 1660. The molecular weight excluding hydrogens is 582 g/mol.